The normalized spacial score (nSPS) is 40.3. The number of ether oxygens (including phenoxy) is 4. The van der Waals surface area contributed by atoms with Crippen LogP contribution in [0.3, 0.4) is 0 Å². The number of fused-ring (bicyclic) bond motifs is 2. The number of hydrogen-bond acceptors (Lipinski definition) is 8. The van der Waals surface area contributed by atoms with E-state index in [-0.39, 0.29) is 36.4 Å². The lowest BCUT2D eigenvalue weighted by molar-refractivity contribution is -0.335. The quantitative estimate of drug-likeness (QED) is 0.188. The maximum absolute atomic E-state index is 14.4. The average molecular weight is 673 g/mol. The average Bonchev–Trinajstić information content (AvgIpc) is 3.32. The molecule has 0 saturated carbocycles. The van der Waals surface area contributed by atoms with Gasteiger partial charge in [0.2, 0.25) is 0 Å². The molecule has 0 aromatic heterocycles. The number of carbonyl (C=O) groups is 1. The van der Waals surface area contributed by atoms with Crippen molar-refractivity contribution in [3.8, 4) is 0 Å². The van der Waals surface area contributed by atoms with Crippen LogP contribution >= 0.6 is 0 Å². The molecular weight excluding hydrogens is 612 g/mol. The van der Waals surface area contributed by atoms with Crippen LogP contribution in [0.15, 0.2) is 47.1 Å². The maximum atomic E-state index is 14.4. The lowest BCUT2D eigenvalue weighted by Gasteiger charge is -2.50. The fourth-order valence-corrected chi connectivity index (χ4v) is 9.15. The fraction of sp³-hybridized carbons (Fsp3) is 0.763. The summed E-state index contributed by atoms with van der Waals surface area (Å²) in [6, 6.07) is 0. The van der Waals surface area contributed by atoms with E-state index in [1.54, 1.807) is 6.08 Å². The van der Waals surface area contributed by atoms with Crippen molar-refractivity contribution in [1.82, 2.24) is 0 Å². The molecule has 2 N–H and O–H groups in total. The standard InChI is InChI=1S/C38H60O8Si/c1-10-32-26(4)16-17-37(45-32)21-30-20-29(44-37)15-14-25(3)18-24(2)12-11-13-28-23-42-34-33(46-47(8,9)36(5,6)7)27(22-39)19-31(35(40)43-30)38(28,34)41/h11-14,19,24,26,29-34,39,41H,10,15-18,20-23H2,1-9H3. The van der Waals surface area contributed by atoms with Crippen LogP contribution in [-0.4, -0.2) is 79.6 Å². The molecule has 4 aliphatic heterocycles. The third kappa shape index (κ3) is 7.47. The smallest absolute Gasteiger partial charge is 0.316 e. The molecule has 2 bridgehead atoms. The summed E-state index contributed by atoms with van der Waals surface area (Å²) in [5, 5.41) is 23.3. The van der Waals surface area contributed by atoms with Crippen LogP contribution in [0.5, 0.6) is 0 Å². The van der Waals surface area contributed by atoms with Gasteiger partial charge in [0.15, 0.2) is 14.1 Å². The molecule has 9 heteroatoms. The Kier molecular flexibility index (Phi) is 10.9. The molecule has 8 nitrogen and oxygen atoms in total. The van der Waals surface area contributed by atoms with Gasteiger partial charge >= 0.3 is 5.97 Å². The molecule has 47 heavy (non-hydrogen) atoms. The highest BCUT2D eigenvalue weighted by Crippen LogP contribution is 2.50. The van der Waals surface area contributed by atoms with Crippen molar-refractivity contribution in [2.24, 2.45) is 17.8 Å². The topological polar surface area (TPSA) is 104 Å². The second-order valence-corrected chi connectivity index (χ2v) is 21.3. The van der Waals surface area contributed by atoms with Gasteiger partial charge in [-0.1, -0.05) is 77.5 Å². The zero-order valence-electron chi connectivity index (χ0n) is 30.2. The van der Waals surface area contributed by atoms with E-state index in [1.165, 1.54) is 5.57 Å². The second kappa shape index (κ2) is 14.0. The zero-order chi connectivity index (χ0) is 34.4. The molecule has 1 spiro atoms. The highest BCUT2D eigenvalue weighted by molar-refractivity contribution is 6.74. The molecule has 0 radical (unpaired) electrons. The summed E-state index contributed by atoms with van der Waals surface area (Å²) in [4.78, 5) is 14.4. The number of carbonyl (C=O) groups excluding carboxylic acids is 1. The minimum atomic E-state index is -2.37. The summed E-state index contributed by atoms with van der Waals surface area (Å²) in [5.74, 6) is -1.71. The van der Waals surface area contributed by atoms with Gasteiger partial charge in [-0.25, -0.2) is 0 Å². The van der Waals surface area contributed by atoms with Crippen molar-refractivity contribution in [2.75, 3.05) is 13.2 Å². The Labute approximate surface area is 283 Å². The number of hydrogen-bond donors (Lipinski definition) is 2. The van der Waals surface area contributed by atoms with E-state index in [0.717, 1.165) is 25.7 Å². The zero-order valence-corrected chi connectivity index (χ0v) is 31.2. The highest BCUT2D eigenvalue weighted by Gasteiger charge is 2.62. The van der Waals surface area contributed by atoms with Crippen molar-refractivity contribution in [3.63, 3.8) is 0 Å². The molecule has 264 valence electrons. The largest absolute Gasteiger partial charge is 0.462 e. The predicted octanol–water partition coefficient (Wildman–Crippen LogP) is 6.93. The summed E-state index contributed by atoms with van der Waals surface area (Å²) in [6.07, 6.45) is 13.1. The summed E-state index contributed by atoms with van der Waals surface area (Å²) in [5.41, 5.74) is 0.741. The van der Waals surface area contributed by atoms with Crippen molar-refractivity contribution in [3.05, 3.63) is 47.1 Å². The van der Waals surface area contributed by atoms with Gasteiger partial charge in [0.1, 0.15) is 23.7 Å². The molecule has 10 atom stereocenters. The molecular formula is C38H60O8Si. The minimum absolute atomic E-state index is 0.0812. The van der Waals surface area contributed by atoms with Crippen LogP contribution in [0.4, 0.5) is 0 Å². The summed E-state index contributed by atoms with van der Waals surface area (Å²) >= 11 is 0. The lowest BCUT2D eigenvalue weighted by atomic mass is 9.70. The Hall–Kier alpha value is -1.59. The molecule has 5 aliphatic rings. The van der Waals surface area contributed by atoms with Gasteiger partial charge in [0.05, 0.1) is 31.5 Å². The van der Waals surface area contributed by atoms with E-state index in [9.17, 15) is 15.0 Å². The van der Waals surface area contributed by atoms with E-state index in [0.29, 0.717) is 36.3 Å². The highest BCUT2D eigenvalue weighted by atomic mass is 28.4. The number of aliphatic hydroxyl groups excluding tert-OH is 1. The molecule has 10 unspecified atom stereocenters. The van der Waals surface area contributed by atoms with E-state index in [1.807, 2.05) is 12.2 Å². The minimum Gasteiger partial charge on any atom is -0.462 e. The SMILES string of the molecule is CCC1OC2(CCC1C)CC1CC(CC=C(C)CC(C)C=CC=C3COC4C(O[Si](C)(C)C(C)(C)C)C(CO)=CC(C(=O)O1)C34O)O2. The molecule has 1 aliphatic carbocycles. The molecule has 4 heterocycles. The molecule has 0 amide bonds. The Morgan fingerprint density at radius 1 is 1.15 bits per heavy atom. The van der Waals surface area contributed by atoms with Crippen LogP contribution in [0.25, 0.3) is 0 Å². The summed E-state index contributed by atoms with van der Waals surface area (Å²) in [6.45, 7) is 19.3. The molecule has 3 saturated heterocycles. The first-order chi connectivity index (χ1) is 22.0. The predicted molar refractivity (Wildman–Crippen MR) is 185 cm³/mol. The van der Waals surface area contributed by atoms with Crippen LogP contribution in [0.1, 0.15) is 93.4 Å². The third-order valence-corrected chi connectivity index (χ3v) is 16.2. The fourth-order valence-electron chi connectivity index (χ4n) is 7.89. The number of aliphatic hydroxyl groups is 2. The van der Waals surface area contributed by atoms with Gasteiger partial charge in [-0.2, -0.15) is 0 Å². The van der Waals surface area contributed by atoms with Crippen molar-refractivity contribution < 1.29 is 38.4 Å². The Morgan fingerprint density at radius 3 is 2.57 bits per heavy atom. The van der Waals surface area contributed by atoms with Gasteiger partial charge < -0.3 is 33.6 Å². The van der Waals surface area contributed by atoms with Gasteiger partial charge in [0.25, 0.3) is 0 Å². The maximum Gasteiger partial charge on any atom is 0.316 e. The first kappa shape index (κ1) is 36.7. The Bertz CT molecular complexity index is 1280. The van der Waals surface area contributed by atoms with Crippen LogP contribution < -0.4 is 0 Å². The first-order valence-electron chi connectivity index (χ1n) is 17.9. The van der Waals surface area contributed by atoms with Gasteiger partial charge in [-0.15, -0.1) is 0 Å². The Morgan fingerprint density at radius 2 is 1.89 bits per heavy atom. The van der Waals surface area contributed by atoms with E-state index >= 15 is 0 Å². The third-order valence-electron chi connectivity index (χ3n) is 11.7. The van der Waals surface area contributed by atoms with Crippen molar-refractivity contribution in [1.29, 1.82) is 0 Å². The van der Waals surface area contributed by atoms with Crippen LogP contribution in [0, 0.1) is 17.8 Å². The molecule has 5 rings (SSSR count). The van der Waals surface area contributed by atoms with Gasteiger partial charge in [-0.05, 0) is 73.7 Å². The summed E-state index contributed by atoms with van der Waals surface area (Å²) < 4.78 is 33.1. The summed E-state index contributed by atoms with van der Waals surface area (Å²) in [7, 11) is -2.37. The molecule has 3 fully saturated rings. The molecule has 0 aromatic rings. The number of rotatable bonds is 4. The second-order valence-electron chi connectivity index (χ2n) is 16.5. The van der Waals surface area contributed by atoms with Crippen LogP contribution in [-0.2, 0) is 28.2 Å². The number of allylic oxidation sites excluding steroid dienone is 4. The number of esters is 1. The van der Waals surface area contributed by atoms with Gasteiger partial charge in [-0.3, -0.25) is 4.79 Å². The first-order valence-corrected chi connectivity index (χ1v) is 20.9. The van der Waals surface area contributed by atoms with E-state index < -0.39 is 49.9 Å². The van der Waals surface area contributed by atoms with Crippen LogP contribution in [0.2, 0.25) is 18.1 Å². The van der Waals surface area contributed by atoms with E-state index in [2.05, 4.69) is 73.7 Å². The monoisotopic (exact) mass is 672 g/mol. The van der Waals surface area contributed by atoms with E-state index in [4.69, 9.17) is 23.4 Å². The Balaban J connectivity index is 1.56. The van der Waals surface area contributed by atoms with Crippen molar-refractivity contribution >= 4 is 14.3 Å². The molecule has 0 aromatic carbocycles. The van der Waals surface area contributed by atoms with Gasteiger partial charge in [0, 0.05) is 19.3 Å². The van der Waals surface area contributed by atoms with Crippen molar-refractivity contribution in [2.45, 2.75) is 153 Å². The lowest BCUT2D eigenvalue weighted by Crippen LogP contribution is -2.61.